The van der Waals surface area contributed by atoms with E-state index in [9.17, 15) is 39.0 Å². The molecule has 5 aromatic rings. The Hall–Kier alpha value is -7.08. The van der Waals surface area contributed by atoms with Crippen LogP contribution in [0.15, 0.2) is 103 Å². The van der Waals surface area contributed by atoms with E-state index in [0.717, 1.165) is 34.6 Å². The Morgan fingerprint density at radius 2 is 0.914 bits per heavy atom. The van der Waals surface area contributed by atoms with Crippen LogP contribution in [0.2, 0.25) is 0 Å². The van der Waals surface area contributed by atoms with Gasteiger partial charge in [-0.1, -0.05) is 6.07 Å². The molecule has 0 radical (unpaired) electrons. The van der Waals surface area contributed by atoms with Gasteiger partial charge in [0.25, 0.3) is 23.6 Å². The second-order valence-corrected chi connectivity index (χ2v) is 16.1. The molecule has 0 spiro atoms. The molecule has 0 atom stereocenters. The monoisotopic (exact) mass is 774 g/mol. The molecule has 2 N–H and O–H groups in total. The van der Waals surface area contributed by atoms with Crippen molar-refractivity contribution in [2.24, 2.45) is 17.8 Å². The minimum absolute atomic E-state index is 0.0310. The van der Waals surface area contributed by atoms with E-state index < -0.39 is 35.6 Å². The van der Waals surface area contributed by atoms with Crippen LogP contribution in [0.3, 0.4) is 0 Å². The zero-order valence-corrected chi connectivity index (χ0v) is 30.8. The van der Waals surface area contributed by atoms with Crippen molar-refractivity contribution in [3.63, 3.8) is 0 Å². The maximum atomic E-state index is 13.3. The average molecular weight is 775 g/mol. The molecule has 288 valence electrons. The number of imide groups is 2. The Morgan fingerprint density at radius 3 is 1.36 bits per heavy atom. The molecule has 12 nitrogen and oxygen atoms in total. The SMILES string of the molecule is O=C(O)c1ccc2c(c1)C(=O)N(c1ccc(Oc3ccc(C45CC6CC(CC(C6)C4)C5)c(Oc4ccc(N5C(=O)c6ccc(C(=O)O)cc6C5=O)cc4)c3)cc1)C2=O. The lowest BCUT2D eigenvalue weighted by Crippen LogP contribution is -2.48. The molecule has 4 saturated carbocycles. The van der Waals surface area contributed by atoms with Gasteiger partial charge in [-0.15, -0.1) is 0 Å². The van der Waals surface area contributed by atoms with Crippen LogP contribution in [-0.4, -0.2) is 45.8 Å². The molecule has 6 aliphatic rings. The molecular weight excluding hydrogens is 741 g/mol. The minimum Gasteiger partial charge on any atom is -0.478 e. The predicted molar refractivity (Wildman–Crippen MR) is 208 cm³/mol. The van der Waals surface area contributed by atoms with Crippen molar-refractivity contribution in [1.29, 1.82) is 0 Å². The van der Waals surface area contributed by atoms with Gasteiger partial charge in [0.1, 0.15) is 23.0 Å². The van der Waals surface area contributed by atoms with Crippen molar-refractivity contribution >= 4 is 46.9 Å². The summed E-state index contributed by atoms with van der Waals surface area (Å²) in [6.07, 6.45) is 7.09. The predicted octanol–water partition coefficient (Wildman–Crippen LogP) is 8.74. The topological polar surface area (TPSA) is 168 Å². The first kappa shape index (κ1) is 35.3. The van der Waals surface area contributed by atoms with Crippen LogP contribution in [0.4, 0.5) is 11.4 Å². The highest BCUT2D eigenvalue weighted by Crippen LogP contribution is 2.62. The van der Waals surface area contributed by atoms with E-state index in [0.29, 0.717) is 52.1 Å². The number of hydrogen-bond donors (Lipinski definition) is 2. The lowest BCUT2D eigenvalue weighted by Gasteiger charge is -2.57. The zero-order chi connectivity index (χ0) is 40.0. The third kappa shape index (κ3) is 5.66. The molecule has 2 aliphatic heterocycles. The van der Waals surface area contributed by atoms with Gasteiger partial charge in [0, 0.05) is 11.6 Å². The van der Waals surface area contributed by atoms with Gasteiger partial charge >= 0.3 is 11.9 Å². The number of amides is 4. The minimum atomic E-state index is -1.19. The number of hydrogen-bond acceptors (Lipinski definition) is 8. The number of benzene rings is 5. The number of aromatic carboxylic acids is 2. The number of carboxylic acids is 2. The van der Waals surface area contributed by atoms with Crippen LogP contribution in [0.1, 0.15) is 106 Å². The number of fused-ring (bicyclic) bond motifs is 2. The van der Waals surface area contributed by atoms with E-state index >= 15 is 0 Å². The third-order valence-corrected chi connectivity index (χ3v) is 12.5. The van der Waals surface area contributed by atoms with Gasteiger partial charge < -0.3 is 19.7 Å². The van der Waals surface area contributed by atoms with Gasteiger partial charge in [-0.3, -0.25) is 19.2 Å². The van der Waals surface area contributed by atoms with Gasteiger partial charge in [0.15, 0.2) is 0 Å². The summed E-state index contributed by atoms with van der Waals surface area (Å²) in [7, 11) is 0. The van der Waals surface area contributed by atoms with Gasteiger partial charge in [0.05, 0.1) is 44.8 Å². The standard InChI is InChI=1S/C46H34N2O10/c49-40-34-12-1-27(44(53)54)18-36(34)42(51)47(40)29-3-7-31(8-4-29)57-33-11-14-38(46-21-24-15-25(22-46)17-26(16-24)23-46)39(20-33)58-32-9-5-30(6-10-32)48-41(50)35-13-2-28(45(55)56)19-37(35)43(48)52/h1-14,18-20,24-26H,15-17,21-23H2,(H,53,54)(H,55,56). The zero-order valence-electron chi connectivity index (χ0n) is 30.8. The first-order valence-electron chi connectivity index (χ1n) is 19.2. The van der Waals surface area contributed by atoms with Crippen molar-refractivity contribution in [2.75, 3.05) is 9.80 Å². The number of nitrogens with zero attached hydrogens (tertiary/aromatic N) is 2. The van der Waals surface area contributed by atoms with Crippen LogP contribution in [-0.2, 0) is 5.41 Å². The molecule has 58 heavy (non-hydrogen) atoms. The Kier molecular flexibility index (Phi) is 7.91. The second-order valence-electron chi connectivity index (χ2n) is 16.1. The van der Waals surface area contributed by atoms with Gasteiger partial charge in [-0.25, -0.2) is 19.4 Å². The van der Waals surface area contributed by atoms with Crippen LogP contribution >= 0.6 is 0 Å². The van der Waals surface area contributed by atoms with Crippen molar-refractivity contribution in [2.45, 2.75) is 43.9 Å². The summed E-state index contributed by atoms with van der Waals surface area (Å²) >= 11 is 0. The van der Waals surface area contributed by atoms with Crippen molar-refractivity contribution in [3.8, 4) is 23.0 Å². The summed E-state index contributed by atoms with van der Waals surface area (Å²) in [5, 5.41) is 18.8. The molecule has 0 aromatic heterocycles. The number of carboxylic acid groups (broad SMARTS) is 2. The molecule has 0 unspecified atom stereocenters. The molecule has 11 rings (SSSR count). The van der Waals surface area contributed by atoms with E-state index in [1.807, 2.05) is 12.1 Å². The van der Waals surface area contributed by atoms with E-state index in [4.69, 9.17) is 9.47 Å². The van der Waals surface area contributed by atoms with E-state index in [1.165, 1.54) is 55.7 Å². The van der Waals surface area contributed by atoms with Crippen molar-refractivity contribution in [3.05, 3.63) is 142 Å². The van der Waals surface area contributed by atoms with Crippen molar-refractivity contribution < 1.29 is 48.5 Å². The maximum absolute atomic E-state index is 13.3. The number of carbonyl (C=O) groups excluding carboxylic acids is 4. The first-order chi connectivity index (χ1) is 27.9. The molecule has 12 heteroatoms. The Balaban J connectivity index is 0.924. The summed E-state index contributed by atoms with van der Waals surface area (Å²) < 4.78 is 13.0. The summed E-state index contributed by atoms with van der Waals surface area (Å²) in [6.45, 7) is 0. The number of ether oxygens (including phenoxy) is 2. The smallest absolute Gasteiger partial charge is 0.335 e. The molecule has 4 amide bonds. The fourth-order valence-corrected chi connectivity index (χ4v) is 10.3. The molecule has 4 bridgehead atoms. The van der Waals surface area contributed by atoms with E-state index in [1.54, 1.807) is 48.5 Å². The van der Waals surface area contributed by atoms with Crippen LogP contribution in [0, 0.1) is 17.8 Å². The van der Waals surface area contributed by atoms with Gasteiger partial charge in [-0.05, 0) is 153 Å². The van der Waals surface area contributed by atoms with E-state index in [2.05, 4.69) is 6.07 Å². The molecule has 2 heterocycles. The highest BCUT2D eigenvalue weighted by atomic mass is 16.5. The Labute approximate surface area is 331 Å². The summed E-state index contributed by atoms with van der Waals surface area (Å²) in [4.78, 5) is 78.0. The van der Waals surface area contributed by atoms with Crippen molar-refractivity contribution in [1.82, 2.24) is 0 Å². The maximum Gasteiger partial charge on any atom is 0.335 e. The van der Waals surface area contributed by atoms with Crippen LogP contribution < -0.4 is 19.3 Å². The highest BCUT2D eigenvalue weighted by molar-refractivity contribution is 6.35. The van der Waals surface area contributed by atoms with Gasteiger partial charge in [0.2, 0.25) is 0 Å². The average Bonchev–Trinajstić information content (AvgIpc) is 3.61. The number of rotatable bonds is 9. The fraction of sp³-hybridized carbons (Fsp3) is 0.217. The summed E-state index contributed by atoms with van der Waals surface area (Å²) in [6, 6.07) is 26.8. The molecule has 5 aromatic carbocycles. The van der Waals surface area contributed by atoms with Gasteiger partial charge in [-0.2, -0.15) is 0 Å². The normalized spacial score (nSPS) is 22.7. The summed E-state index contributed by atoms with van der Waals surface area (Å²) in [5.41, 5.74) is 1.90. The lowest BCUT2D eigenvalue weighted by molar-refractivity contribution is -0.00600. The largest absolute Gasteiger partial charge is 0.478 e. The summed E-state index contributed by atoms with van der Waals surface area (Å²) in [5.74, 6) is -0.560. The Morgan fingerprint density at radius 1 is 0.500 bits per heavy atom. The second kappa shape index (κ2) is 13.0. The fourth-order valence-electron chi connectivity index (χ4n) is 10.3. The van der Waals surface area contributed by atoms with Crippen LogP contribution in [0.5, 0.6) is 23.0 Å². The first-order valence-corrected chi connectivity index (χ1v) is 19.2. The molecular formula is C46H34N2O10. The lowest BCUT2D eigenvalue weighted by atomic mass is 9.48. The molecule has 0 saturated heterocycles. The Bertz CT molecular complexity index is 2610. The molecule has 4 aliphatic carbocycles. The highest BCUT2D eigenvalue weighted by Gasteiger charge is 2.52. The van der Waals surface area contributed by atoms with E-state index in [-0.39, 0.29) is 38.8 Å². The number of carbonyl (C=O) groups is 6. The number of anilines is 2. The van der Waals surface area contributed by atoms with Crippen LogP contribution in [0.25, 0.3) is 0 Å². The quantitative estimate of drug-likeness (QED) is 0.138. The third-order valence-electron chi connectivity index (χ3n) is 12.5. The molecule has 4 fully saturated rings.